The number of carbonyl (C=O) groups is 1. The number of rotatable bonds is 3. The molecule has 1 saturated heterocycles. The smallest absolute Gasteiger partial charge is 0.236 e. The Morgan fingerprint density at radius 2 is 2.06 bits per heavy atom. The van der Waals surface area contributed by atoms with E-state index in [4.69, 9.17) is 0 Å². The van der Waals surface area contributed by atoms with Gasteiger partial charge in [-0.05, 0) is 47.7 Å². The van der Waals surface area contributed by atoms with Crippen LogP contribution in [0.2, 0.25) is 0 Å². The van der Waals surface area contributed by atoms with E-state index in [0.717, 1.165) is 19.5 Å². The van der Waals surface area contributed by atoms with Crippen LogP contribution in [0.5, 0.6) is 0 Å². The number of nitrogens with one attached hydrogen (secondary N) is 1. The summed E-state index contributed by atoms with van der Waals surface area (Å²) in [6.45, 7) is 8.48. The fraction of sp³-hybridized carbons (Fsp3) is 0.923. The zero-order valence-electron chi connectivity index (χ0n) is 11.9. The van der Waals surface area contributed by atoms with E-state index in [-0.39, 0.29) is 11.4 Å². The van der Waals surface area contributed by atoms with Gasteiger partial charge >= 0.3 is 0 Å². The van der Waals surface area contributed by atoms with Crippen LogP contribution in [0.4, 0.5) is 0 Å². The van der Waals surface area contributed by atoms with E-state index in [1.807, 2.05) is 4.90 Å². The molecule has 1 fully saturated rings. The Kier molecular flexibility index (Phi) is 4.95. The fourth-order valence-electron chi connectivity index (χ4n) is 2.06. The number of nitrogens with zero attached hydrogens (tertiary/aromatic N) is 2. The van der Waals surface area contributed by atoms with Crippen molar-refractivity contribution in [1.29, 1.82) is 0 Å². The van der Waals surface area contributed by atoms with Crippen LogP contribution in [0.15, 0.2) is 0 Å². The molecule has 1 aliphatic rings. The van der Waals surface area contributed by atoms with Crippen LogP contribution in [0, 0.1) is 0 Å². The van der Waals surface area contributed by atoms with Gasteiger partial charge in [0, 0.05) is 24.7 Å². The van der Waals surface area contributed by atoms with Crippen molar-refractivity contribution in [2.24, 2.45) is 0 Å². The third kappa shape index (κ3) is 5.04. The fourth-order valence-corrected chi connectivity index (χ4v) is 2.06. The van der Waals surface area contributed by atoms with Crippen LogP contribution in [0.3, 0.4) is 0 Å². The van der Waals surface area contributed by atoms with Gasteiger partial charge in [0.15, 0.2) is 0 Å². The molecule has 1 aliphatic heterocycles. The average Bonchev–Trinajstić information content (AvgIpc) is 2.25. The highest BCUT2D eigenvalue weighted by Gasteiger charge is 2.25. The Morgan fingerprint density at radius 3 is 2.59 bits per heavy atom. The highest BCUT2D eigenvalue weighted by atomic mass is 16.2. The average molecular weight is 241 g/mol. The van der Waals surface area contributed by atoms with Crippen molar-refractivity contribution in [2.75, 3.05) is 33.7 Å². The minimum atomic E-state index is 0.00635. The lowest BCUT2D eigenvalue weighted by Gasteiger charge is -2.36. The number of hydrogen-bond acceptors (Lipinski definition) is 3. The van der Waals surface area contributed by atoms with Gasteiger partial charge < -0.3 is 15.1 Å². The topological polar surface area (TPSA) is 35.6 Å². The van der Waals surface area contributed by atoms with Gasteiger partial charge in [-0.15, -0.1) is 0 Å². The van der Waals surface area contributed by atoms with E-state index in [1.165, 1.54) is 6.42 Å². The highest BCUT2D eigenvalue weighted by Crippen LogP contribution is 2.13. The maximum absolute atomic E-state index is 12.1. The van der Waals surface area contributed by atoms with Crippen molar-refractivity contribution in [1.82, 2.24) is 15.1 Å². The van der Waals surface area contributed by atoms with Gasteiger partial charge in [0.25, 0.3) is 0 Å². The maximum Gasteiger partial charge on any atom is 0.236 e. The number of likely N-dealkylation sites (N-methyl/N-ethyl adjacent to an activating group) is 1. The summed E-state index contributed by atoms with van der Waals surface area (Å²) in [6.07, 6.45) is 2.31. The largest absolute Gasteiger partial charge is 0.340 e. The van der Waals surface area contributed by atoms with Crippen LogP contribution >= 0.6 is 0 Å². The van der Waals surface area contributed by atoms with E-state index in [1.54, 1.807) is 0 Å². The highest BCUT2D eigenvalue weighted by molar-refractivity contribution is 5.78. The van der Waals surface area contributed by atoms with Gasteiger partial charge in [-0.1, -0.05) is 0 Å². The summed E-state index contributed by atoms with van der Waals surface area (Å²) in [4.78, 5) is 16.3. The number of hydrogen-bond donors (Lipinski definition) is 1. The van der Waals surface area contributed by atoms with Gasteiger partial charge in [0.05, 0.1) is 6.54 Å². The molecule has 1 N–H and O–H groups in total. The van der Waals surface area contributed by atoms with Gasteiger partial charge in [0.1, 0.15) is 0 Å². The summed E-state index contributed by atoms with van der Waals surface area (Å²) < 4.78 is 0. The Bertz CT molecular complexity index is 258. The molecule has 4 heteroatoms. The molecule has 4 nitrogen and oxygen atoms in total. The zero-order valence-corrected chi connectivity index (χ0v) is 11.9. The van der Waals surface area contributed by atoms with Crippen LogP contribution < -0.4 is 5.32 Å². The Hall–Kier alpha value is -0.610. The molecule has 0 aliphatic carbocycles. The van der Waals surface area contributed by atoms with E-state index >= 15 is 0 Å². The SMILES string of the molecule is CN(C)C1CCCN(C(=O)CNC(C)(C)C)C1. The third-order valence-electron chi connectivity index (χ3n) is 3.25. The van der Waals surface area contributed by atoms with Crippen molar-refractivity contribution in [2.45, 2.75) is 45.2 Å². The van der Waals surface area contributed by atoms with Crippen LogP contribution in [0.1, 0.15) is 33.6 Å². The summed E-state index contributed by atoms with van der Waals surface area (Å²) in [5.74, 6) is 0.228. The molecule has 1 atom stereocenters. The second-order valence-electron chi connectivity index (χ2n) is 6.20. The lowest BCUT2D eigenvalue weighted by atomic mass is 10.0. The molecule has 1 amide bonds. The standard InChI is InChI=1S/C13H27N3O/c1-13(2,3)14-9-12(17)16-8-6-7-11(10-16)15(4)5/h11,14H,6-10H2,1-5H3. The number of piperidine rings is 1. The first-order valence-electron chi connectivity index (χ1n) is 6.49. The van der Waals surface area contributed by atoms with Gasteiger partial charge in [0.2, 0.25) is 5.91 Å². The van der Waals surface area contributed by atoms with Crippen molar-refractivity contribution in [3.63, 3.8) is 0 Å². The minimum absolute atomic E-state index is 0.00635. The normalized spacial score (nSPS) is 22.0. The molecule has 0 bridgehead atoms. The summed E-state index contributed by atoms with van der Waals surface area (Å²) in [7, 11) is 4.18. The Balaban J connectivity index is 2.41. The molecule has 0 radical (unpaired) electrons. The maximum atomic E-state index is 12.1. The van der Waals surface area contributed by atoms with Crippen molar-refractivity contribution in [3.05, 3.63) is 0 Å². The van der Waals surface area contributed by atoms with E-state index in [0.29, 0.717) is 12.6 Å². The van der Waals surface area contributed by atoms with Crippen LogP contribution in [-0.4, -0.2) is 61.0 Å². The molecular formula is C13H27N3O. The molecule has 0 spiro atoms. The first-order valence-corrected chi connectivity index (χ1v) is 6.49. The van der Waals surface area contributed by atoms with Gasteiger partial charge in [-0.3, -0.25) is 4.79 Å². The van der Waals surface area contributed by atoms with Crippen molar-refractivity contribution in [3.8, 4) is 0 Å². The second kappa shape index (κ2) is 5.83. The predicted octanol–water partition coefficient (Wildman–Crippen LogP) is 0.927. The Morgan fingerprint density at radius 1 is 1.41 bits per heavy atom. The van der Waals surface area contributed by atoms with E-state index in [9.17, 15) is 4.79 Å². The number of likely N-dealkylation sites (tertiary alicyclic amines) is 1. The first-order chi connectivity index (χ1) is 7.79. The van der Waals surface area contributed by atoms with Crippen molar-refractivity contribution >= 4 is 5.91 Å². The molecule has 0 aromatic heterocycles. The summed E-state index contributed by atoms with van der Waals surface area (Å²) in [5, 5.41) is 3.26. The predicted molar refractivity (Wildman–Crippen MR) is 71.0 cm³/mol. The molecule has 0 aromatic carbocycles. The van der Waals surface area contributed by atoms with Crippen LogP contribution in [-0.2, 0) is 4.79 Å². The van der Waals surface area contributed by atoms with E-state index in [2.05, 4.69) is 45.1 Å². The van der Waals surface area contributed by atoms with Gasteiger partial charge in [-0.25, -0.2) is 0 Å². The quantitative estimate of drug-likeness (QED) is 0.798. The molecule has 17 heavy (non-hydrogen) atoms. The Labute approximate surface area is 105 Å². The lowest BCUT2D eigenvalue weighted by Crippen LogP contribution is -2.51. The summed E-state index contributed by atoms with van der Waals surface area (Å²) in [5.41, 5.74) is 0.00635. The number of amides is 1. The summed E-state index contributed by atoms with van der Waals surface area (Å²) in [6, 6.07) is 0.516. The van der Waals surface area contributed by atoms with Gasteiger partial charge in [-0.2, -0.15) is 0 Å². The molecule has 0 saturated carbocycles. The number of carbonyl (C=O) groups excluding carboxylic acids is 1. The lowest BCUT2D eigenvalue weighted by molar-refractivity contribution is -0.132. The second-order valence-corrected chi connectivity index (χ2v) is 6.20. The van der Waals surface area contributed by atoms with Crippen molar-refractivity contribution < 1.29 is 4.79 Å². The minimum Gasteiger partial charge on any atom is -0.340 e. The molecule has 1 heterocycles. The van der Waals surface area contributed by atoms with Crippen LogP contribution in [0.25, 0.3) is 0 Å². The molecule has 0 aromatic rings. The third-order valence-corrected chi connectivity index (χ3v) is 3.25. The zero-order chi connectivity index (χ0) is 13.1. The molecule has 1 unspecified atom stereocenters. The molecule has 1 rings (SSSR count). The molecular weight excluding hydrogens is 214 g/mol. The van der Waals surface area contributed by atoms with E-state index < -0.39 is 0 Å². The summed E-state index contributed by atoms with van der Waals surface area (Å²) >= 11 is 0. The monoisotopic (exact) mass is 241 g/mol. The first kappa shape index (κ1) is 14.5. The molecule has 100 valence electrons.